The van der Waals surface area contributed by atoms with Gasteiger partial charge in [-0.1, -0.05) is 29.8 Å². The van der Waals surface area contributed by atoms with E-state index < -0.39 is 11.7 Å². The summed E-state index contributed by atoms with van der Waals surface area (Å²) in [5.74, 6) is 0.793. The third kappa shape index (κ3) is 4.61. The molecule has 0 amide bonds. The smallest absolute Gasteiger partial charge is 0.393 e. The second-order valence-electron chi connectivity index (χ2n) is 7.09. The van der Waals surface area contributed by atoms with E-state index in [-0.39, 0.29) is 22.2 Å². The van der Waals surface area contributed by atoms with Crippen LogP contribution in [0.1, 0.15) is 5.56 Å². The minimum Gasteiger partial charge on any atom is -0.393 e. The monoisotopic (exact) mass is 448 g/mol. The largest absolute Gasteiger partial charge is 0.417 e. The Morgan fingerprint density at radius 1 is 0.935 bits per heavy atom. The molecule has 0 spiro atoms. The standard InChI is InChI=1S/C21H20ClF3N6/c22-17-7-6-14(12-16(17)21(23,24)25)29-19-18(26)20(28-13-27-19)31-10-8-30(9-11-31)15-4-2-1-3-5-15/h1-7,12-13H,8-11,26H2,(H,27,28,29). The fraction of sp³-hybridized carbons (Fsp3) is 0.238. The van der Waals surface area contributed by atoms with Crippen molar-refractivity contribution in [1.29, 1.82) is 0 Å². The van der Waals surface area contributed by atoms with E-state index >= 15 is 0 Å². The molecule has 3 N–H and O–H groups in total. The van der Waals surface area contributed by atoms with E-state index in [0.717, 1.165) is 24.8 Å². The highest BCUT2D eigenvalue weighted by Crippen LogP contribution is 2.37. The first kappa shape index (κ1) is 21.0. The van der Waals surface area contributed by atoms with E-state index in [1.54, 1.807) is 0 Å². The van der Waals surface area contributed by atoms with Gasteiger partial charge in [-0.3, -0.25) is 0 Å². The molecule has 6 nitrogen and oxygen atoms in total. The number of hydrogen-bond acceptors (Lipinski definition) is 6. The number of rotatable bonds is 4. The van der Waals surface area contributed by atoms with Crippen LogP contribution in [0.4, 0.5) is 41.9 Å². The van der Waals surface area contributed by atoms with Crippen LogP contribution in [-0.2, 0) is 6.18 Å². The Balaban J connectivity index is 1.51. The van der Waals surface area contributed by atoms with Gasteiger partial charge >= 0.3 is 6.18 Å². The lowest BCUT2D eigenvalue weighted by Crippen LogP contribution is -2.47. The number of nitrogen functional groups attached to an aromatic ring is 1. The van der Waals surface area contributed by atoms with Gasteiger partial charge in [-0.15, -0.1) is 0 Å². The van der Waals surface area contributed by atoms with Gasteiger partial charge in [0, 0.05) is 37.6 Å². The summed E-state index contributed by atoms with van der Waals surface area (Å²) in [6.07, 6.45) is -3.21. The quantitative estimate of drug-likeness (QED) is 0.597. The predicted molar refractivity (Wildman–Crippen MR) is 117 cm³/mol. The summed E-state index contributed by atoms with van der Waals surface area (Å²) in [5, 5.41) is 2.48. The Bertz CT molecular complexity index is 1050. The van der Waals surface area contributed by atoms with Crippen LogP contribution in [0.3, 0.4) is 0 Å². The van der Waals surface area contributed by atoms with Crippen molar-refractivity contribution in [3.63, 3.8) is 0 Å². The summed E-state index contributed by atoms with van der Waals surface area (Å²) >= 11 is 5.69. The first-order valence-corrected chi connectivity index (χ1v) is 10.00. The normalized spacial score (nSPS) is 14.6. The molecule has 1 saturated heterocycles. The summed E-state index contributed by atoms with van der Waals surface area (Å²) in [5.41, 5.74) is 6.96. The molecule has 0 atom stereocenters. The van der Waals surface area contributed by atoms with Crippen LogP contribution in [0.2, 0.25) is 5.02 Å². The maximum absolute atomic E-state index is 13.1. The maximum Gasteiger partial charge on any atom is 0.417 e. The van der Waals surface area contributed by atoms with Crippen molar-refractivity contribution in [2.24, 2.45) is 0 Å². The highest BCUT2D eigenvalue weighted by molar-refractivity contribution is 6.31. The van der Waals surface area contributed by atoms with Crippen LogP contribution in [0, 0.1) is 0 Å². The molecule has 1 fully saturated rings. The molecule has 1 aliphatic rings. The molecular formula is C21H20ClF3N6. The number of piperazine rings is 1. The zero-order valence-corrected chi connectivity index (χ0v) is 17.2. The number of nitrogens with two attached hydrogens (primary N) is 1. The molecule has 2 heterocycles. The average molecular weight is 449 g/mol. The van der Waals surface area contributed by atoms with E-state index in [2.05, 4.69) is 32.3 Å². The van der Waals surface area contributed by atoms with E-state index in [1.165, 1.54) is 18.5 Å². The number of anilines is 5. The molecule has 10 heteroatoms. The van der Waals surface area contributed by atoms with Crippen LogP contribution in [0.25, 0.3) is 0 Å². The molecule has 2 aromatic carbocycles. The van der Waals surface area contributed by atoms with Crippen LogP contribution < -0.4 is 20.9 Å². The van der Waals surface area contributed by atoms with Crippen molar-refractivity contribution in [3.8, 4) is 0 Å². The number of benzene rings is 2. The summed E-state index contributed by atoms with van der Waals surface area (Å²) < 4.78 is 39.4. The van der Waals surface area contributed by atoms with E-state index in [4.69, 9.17) is 17.3 Å². The van der Waals surface area contributed by atoms with Crippen LogP contribution in [0.15, 0.2) is 54.9 Å². The Morgan fingerprint density at radius 3 is 2.29 bits per heavy atom. The second kappa shape index (κ2) is 8.50. The molecule has 31 heavy (non-hydrogen) atoms. The van der Waals surface area contributed by atoms with Gasteiger partial charge in [0.15, 0.2) is 11.6 Å². The molecule has 162 valence electrons. The van der Waals surface area contributed by atoms with E-state index in [9.17, 15) is 13.2 Å². The van der Waals surface area contributed by atoms with Gasteiger partial charge < -0.3 is 20.9 Å². The number of halogens is 4. The van der Waals surface area contributed by atoms with Crippen molar-refractivity contribution in [2.75, 3.05) is 47.0 Å². The van der Waals surface area contributed by atoms with Crippen molar-refractivity contribution >= 4 is 40.3 Å². The summed E-state index contributed by atoms with van der Waals surface area (Å²) in [4.78, 5) is 12.7. The highest BCUT2D eigenvalue weighted by Gasteiger charge is 2.33. The fourth-order valence-electron chi connectivity index (χ4n) is 3.51. The Hall–Kier alpha value is -3.20. The Labute approximate surface area is 182 Å². The molecular weight excluding hydrogens is 429 g/mol. The number of hydrogen-bond donors (Lipinski definition) is 2. The van der Waals surface area contributed by atoms with Gasteiger partial charge in [-0.05, 0) is 30.3 Å². The first-order valence-electron chi connectivity index (χ1n) is 9.62. The number of nitrogens with zero attached hydrogens (tertiary/aromatic N) is 4. The van der Waals surface area contributed by atoms with Crippen LogP contribution >= 0.6 is 11.6 Å². The number of alkyl halides is 3. The molecule has 0 radical (unpaired) electrons. The van der Waals surface area contributed by atoms with Crippen molar-refractivity contribution in [2.45, 2.75) is 6.18 Å². The molecule has 1 aromatic heterocycles. The van der Waals surface area contributed by atoms with Gasteiger partial charge in [-0.25, -0.2) is 9.97 Å². The minimum absolute atomic E-state index is 0.182. The van der Waals surface area contributed by atoms with Gasteiger partial charge in [0.25, 0.3) is 0 Å². The molecule has 0 unspecified atom stereocenters. The molecule has 3 aromatic rings. The lowest BCUT2D eigenvalue weighted by atomic mass is 10.2. The summed E-state index contributed by atoms with van der Waals surface area (Å²) in [6.45, 7) is 2.99. The van der Waals surface area contributed by atoms with Gasteiger partial charge in [0.1, 0.15) is 12.0 Å². The molecule has 0 aliphatic carbocycles. The van der Waals surface area contributed by atoms with Crippen LogP contribution in [0.5, 0.6) is 0 Å². The zero-order chi connectivity index (χ0) is 22.0. The lowest BCUT2D eigenvalue weighted by Gasteiger charge is -2.37. The maximum atomic E-state index is 13.1. The first-order chi connectivity index (χ1) is 14.8. The lowest BCUT2D eigenvalue weighted by molar-refractivity contribution is -0.137. The van der Waals surface area contributed by atoms with Gasteiger partial charge in [-0.2, -0.15) is 13.2 Å². The molecule has 0 saturated carbocycles. The Kier molecular flexibility index (Phi) is 5.77. The highest BCUT2D eigenvalue weighted by atomic mass is 35.5. The second-order valence-corrected chi connectivity index (χ2v) is 7.49. The zero-order valence-electron chi connectivity index (χ0n) is 16.4. The van der Waals surface area contributed by atoms with Crippen molar-refractivity contribution in [1.82, 2.24) is 9.97 Å². The summed E-state index contributed by atoms with van der Waals surface area (Å²) in [6, 6.07) is 13.7. The van der Waals surface area contributed by atoms with Gasteiger partial charge in [0.05, 0.1) is 10.6 Å². The van der Waals surface area contributed by atoms with E-state index in [0.29, 0.717) is 18.9 Å². The number of nitrogens with one attached hydrogen (secondary N) is 1. The Morgan fingerprint density at radius 2 is 1.61 bits per heavy atom. The topological polar surface area (TPSA) is 70.3 Å². The molecule has 0 bridgehead atoms. The SMILES string of the molecule is Nc1c(Nc2ccc(Cl)c(C(F)(F)F)c2)ncnc1N1CCN(c2ccccc2)CC1. The van der Waals surface area contributed by atoms with Gasteiger partial charge in [0.2, 0.25) is 0 Å². The molecule has 1 aliphatic heterocycles. The molecule has 4 rings (SSSR count). The summed E-state index contributed by atoms with van der Waals surface area (Å²) in [7, 11) is 0. The van der Waals surface area contributed by atoms with Crippen LogP contribution in [-0.4, -0.2) is 36.1 Å². The number of para-hydroxylation sites is 1. The predicted octanol–water partition coefficient (Wildman–Crippen LogP) is 4.80. The van der Waals surface area contributed by atoms with E-state index in [1.807, 2.05) is 23.1 Å². The minimum atomic E-state index is -4.56. The fourth-order valence-corrected chi connectivity index (χ4v) is 3.73. The number of aromatic nitrogens is 2. The third-order valence-corrected chi connectivity index (χ3v) is 5.43. The van der Waals surface area contributed by atoms with Crippen molar-refractivity contribution in [3.05, 3.63) is 65.4 Å². The third-order valence-electron chi connectivity index (χ3n) is 5.10. The van der Waals surface area contributed by atoms with Crippen molar-refractivity contribution < 1.29 is 13.2 Å². The average Bonchev–Trinajstić information content (AvgIpc) is 2.76.